The van der Waals surface area contributed by atoms with E-state index in [0.717, 1.165) is 24.8 Å². The van der Waals surface area contributed by atoms with Gasteiger partial charge >= 0.3 is 0 Å². The zero-order valence-electron chi connectivity index (χ0n) is 14.0. The molecule has 3 nitrogen and oxygen atoms in total. The second kappa shape index (κ2) is 6.82. The Kier molecular flexibility index (Phi) is 5.28. The van der Waals surface area contributed by atoms with E-state index in [4.69, 9.17) is 5.73 Å². The summed E-state index contributed by atoms with van der Waals surface area (Å²) in [6.07, 6.45) is 2.73. The van der Waals surface area contributed by atoms with Crippen LogP contribution >= 0.6 is 0 Å². The number of hydrogen-bond acceptors (Lipinski definition) is 2. The lowest BCUT2D eigenvalue weighted by molar-refractivity contribution is -0.140. The van der Waals surface area contributed by atoms with Crippen LogP contribution in [0.25, 0.3) is 0 Å². The van der Waals surface area contributed by atoms with Crippen LogP contribution in [0.2, 0.25) is 0 Å². The summed E-state index contributed by atoms with van der Waals surface area (Å²) in [4.78, 5) is 12.4. The van der Waals surface area contributed by atoms with Crippen molar-refractivity contribution in [3.05, 3.63) is 35.9 Å². The van der Waals surface area contributed by atoms with Crippen molar-refractivity contribution in [2.45, 2.75) is 52.6 Å². The number of hydrogen-bond donors (Lipinski definition) is 2. The Morgan fingerprint density at radius 3 is 2.50 bits per heavy atom. The van der Waals surface area contributed by atoms with E-state index in [9.17, 15) is 9.90 Å². The van der Waals surface area contributed by atoms with Gasteiger partial charge in [0.1, 0.15) is 0 Å². The van der Waals surface area contributed by atoms with Gasteiger partial charge in [0.15, 0.2) is 0 Å². The van der Waals surface area contributed by atoms with Crippen LogP contribution in [0.4, 0.5) is 0 Å². The van der Waals surface area contributed by atoms with E-state index in [0.29, 0.717) is 18.3 Å². The van der Waals surface area contributed by atoms with E-state index in [1.807, 2.05) is 30.3 Å². The molecule has 1 amide bonds. The standard InChI is InChI=1S/C19H29NO2/c1-13(2)16-10-9-14(3)11-19(16,18(20)22)12-17(21)15-7-5-4-6-8-15/h4-8,13-14,16-17,21H,9-12H2,1-3H3,(H2,20,22)/t14?,16?,17-,19?/m1/s1. The maximum atomic E-state index is 12.4. The highest BCUT2D eigenvalue weighted by Crippen LogP contribution is 2.51. The lowest BCUT2D eigenvalue weighted by atomic mass is 9.57. The SMILES string of the molecule is CC1CCC(C(C)C)C(C[C@@H](O)c2ccccc2)(C(N)=O)C1. The Bertz CT molecular complexity index is 499. The summed E-state index contributed by atoms with van der Waals surface area (Å²) in [5.41, 5.74) is 6.14. The molecule has 1 aliphatic carbocycles. The van der Waals surface area contributed by atoms with Gasteiger partial charge in [-0.2, -0.15) is 0 Å². The second-order valence-corrected chi connectivity index (χ2v) is 7.39. The van der Waals surface area contributed by atoms with E-state index in [1.54, 1.807) is 0 Å². The minimum absolute atomic E-state index is 0.243. The molecule has 3 N–H and O–H groups in total. The zero-order chi connectivity index (χ0) is 16.3. The van der Waals surface area contributed by atoms with Gasteiger partial charge in [0.05, 0.1) is 11.5 Å². The molecule has 0 aliphatic heterocycles. The van der Waals surface area contributed by atoms with Gasteiger partial charge in [-0.05, 0) is 42.6 Å². The molecule has 0 aromatic heterocycles. The number of nitrogens with two attached hydrogens (primary N) is 1. The van der Waals surface area contributed by atoms with Gasteiger partial charge < -0.3 is 10.8 Å². The highest BCUT2D eigenvalue weighted by atomic mass is 16.3. The molecule has 0 saturated heterocycles. The summed E-state index contributed by atoms with van der Waals surface area (Å²) in [5, 5.41) is 10.7. The van der Waals surface area contributed by atoms with Crippen molar-refractivity contribution in [1.82, 2.24) is 0 Å². The maximum Gasteiger partial charge on any atom is 0.224 e. The molecule has 4 atom stereocenters. The largest absolute Gasteiger partial charge is 0.388 e. The van der Waals surface area contributed by atoms with Crippen LogP contribution in [-0.2, 0) is 4.79 Å². The van der Waals surface area contributed by atoms with E-state index >= 15 is 0 Å². The van der Waals surface area contributed by atoms with Crippen molar-refractivity contribution in [1.29, 1.82) is 0 Å². The number of aliphatic hydroxyl groups excluding tert-OH is 1. The molecule has 1 aromatic rings. The number of aliphatic hydroxyl groups is 1. The fourth-order valence-corrected chi connectivity index (χ4v) is 4.34. The molecule has 0 spiro atoms. The number of benzene rings is 1. The van der Waals surface area contributed by atoms with Gasteiger partial charge in [0, 0.05) is 0 Å². The number of rotatable bonds is 5. The molecule has 2 rings (SSSR count). The zero-order valence-corrected chi connectivity index (χ0v) is 14.0. The highest BCUT2D eigenvalue weighted by Gasteiger charge is 2.49. The van der Waals surface area contributed by atoms with Gasteiger partial charge in [0.2, 0.25) is 5.91 Å². The molecule has 0 heterocycles. The summed E-state index contributed by atoms with van der Waals surface area (Å²) in [7, 11) is 0. The van der Waals surface area contributed by atoms with Crippen LogP contribution in [0.5, 0.6) is 0 Å². The van der Waals surface area contributed by atoms with E-state index < -0.39 is 11.5 Å². The third kappa shape index (κ3) is 3.35. The fraction of sp³-hybridized carbons (Fsp3) is 0.632. The average molecular weight is 303 g/mol. The number of amides is 1. The van der Waals surface area contributed by atoms with Gasteiger partial charge in [-0.1, -0.05) is 57.5 Å². The van der Waals surface area contributed by atoms with Gasteiger partial charge in [0.25, 0.3) is 0 Å². The summed E-state index contributed by atoms with van der Waals surface area (Å²) in [6.45, 7) is 6.50. The van der Waals surface area contributed by atoms with Crippen molar-refractivity contribution < 1.29 is 9.90 Å². The van der Waals surface area contributed by atoms with Gasteiger partial charge in [-0.3, -0.25) is 4.79 Å². The van der Waals surface area contributed by atoms with Gasteiger partial charge in [-0.15, -0.1) is 0 Å². The number of carbonyl (C=O) groups excluding carboxylic acids is 1. The minimum atomic E-state index is -0.639. The van der Waals surface area contributed by atoms with Crippen molar-refractivity contribution in [2.75, 3.05) is 0 Å². The molecule has 1 saturated carbocycles. The smallest absolute Gasteiger partial charge is 0.224 e. The highest BCUT2D eigenvalue weighted by molar-refractivity contribution is 5.81. The first kappa shape index (κ1) is 17.0. The summed E-state index contributed by atoms with van der Waals surface area (Å²) in [5.74, 6) is 0.876. The van der Waals surface area contributed by atoms with Crippen LogP contribution in [0, 0.1) is 23.2 Å². The average Bonchev–Trinajstić information content (AvgIpc) is 2.47. The Morgan fingerprint density at radius 2 is 1.95 bits per heavy atom. The second-order valence-electron chi connectivity index (χ2n) is 7.39. The van der Waals surface area contributed by atoms with Crippen molar-refractivity contribution in [2.24, 2.45) is 28.9 Å². The van der Waals surface area contributed by atoms with Crippen molar-refractivity contribution >= 4 is 5.91 Å². The molecule has 0 radical (unpaired) electrons. The van der Waals surface area contributed by atoms with Crippen molar-refractivity contribution in [3.8, 4) is 0 Å². The molecule has 3 heteroatoms. The molecular weight excluding hydrogens is 274 g/mol. The molecule has 1 fully saturated rings. The minimum Gasteiger partial charge on any atom is -0.388 e. The van der Waals surface area contributed by atoms with E-state index in [-0.39, 0.29) is 11.8 Å². The maximum absolute atomic E-state index is 12.4. The molecular formula is C19H29NO2. The molecule has 122 valence electrons. The van der Waals surface area contributed by atoms with Crippen LogP contribution < -0.4 is 5.73 Å². The molecule has 22 heavy (non-hydrogen) atoms. The summed E-state index contributed by atoms with van der Waals surface area (Å²) in [6, 6.07) is 9.59. The Hall–Kier alpha value is -1.35. The topological polar surface area (TPSA) is 63.3 Å². The Balaban J connectivity index is 2.31. The normalized spacial score (nSPS) is 30.2. The third-order valence-corrected chi connectivity index (χ3v) is 5.43. The van der Waals surface area contributed by atoms with Crippen LogP contribution in [0.15, 0.2) is 30.3 Å². The first-order valence-corrected chi connectivity index (χ1v) is 8.39. The third-order valence-electron chi connectivity index (χ3n) is 5.43. The predicted molar refractivity (Wildman–Crippen MR) is 89.0 cm³/mol. The number of carbonyl (C=O) groups is 1. The Labute approximate surface area is 133 Å². The molecule has 3 unspecified atom stereocenters. The fourth-order valence-electron chi connectivity index (χ4n) is 4.34. The molecule has 1 aliphatic rings. The molecule has 1 aromatic carbocycles. The first-order valence-electron chi connectivity index (χ1n) is 8.39. The van der Waals surface area contributed by atoms with Crippen LogP contribution in [0.3, 0.4) is 0 Å². The van der Waals surface area contributed by atoms with Crippen LogP contribution in [0.1, 0.15) is 58.1 Å². The quantitative estimate of drug-likeness (QED) is 0.871. The molecule has 0 bridgehead atoms. The predicted octanol–water partition coefficient (Wildman–Crippen LogP) is 3.67. The van der Waals surface area contributed by atoms with Crippen molar-refractivity contribution in [3.63, 3.8) is 0 Å². The summed E-state index contributed by atoms with van der Waals surface area (Å²) < 4.78 is 0. The monoisotopic (exact) mass is 303 g/mol. The summed E-state index contributed by atoms with van der Waals surface area (Å²) >= 11 is 0. The van der Waals surface area contributed by atoms with E-state index in [2.05, 4.69) is 20.8 Å². The lowest BCUT2D eigenvalue weighted by Crippen LogP contribution is -2.49. The van der Waals surface area contributed by atoms with Crippen LogP contribution in [-0.4, -0.2) is 11.0 Å². The first-order chi connectivity index (χ1) is 10.4. The number of primary amides is 1. The lowest BCUT2D eigenvalue weighted by Gasteiger charge is -2.47. The van der Waals surface area contributed by atoms with Gasteiger partial charge in [-0.25, -0.2) is 0 Å². The van der Waals surface area contributed by atoms with E-state index in [1.165, 1.54) is 0 Å². The Morgan fingerprint density at radius 1 is 1.32 bits per heavy atom.